The number of hydrogen-bond acceptors (Lipinski definition) is 4. The second-order valence-corrected chi connectivity index (χ2v) is 8.19. The molecule has 2 aromatic heterocycles. The van der Waals surface area contributed by atoms with Crippen LogP contribution in [0.3, 0.4) is 0 Å². The van der Waals surface area contributed by atoms with Gasteiger partial charge in [0.2, 0.25) is 0 Å². The van der Waals surface area contributed by atoms with Crippen LogP contribution in [-0.4, -0.2) is 23.7 Å². The Labute approximate surface area is 160 Å². The number of methoxy groups -OCH3 is 1. The van der Waals surface area contributed by atoms with Gasteiger partial charge in [-0.2, -0.15) is 0 Å². The van der Waals surface area contributed by atoms with Crippen LogP contribution in [0, 0.1) is 0 Å². The van der Waals surface area contributed by atoms with Crippen LogP contribution in [0.1, 0.15) is 21.4 Å². The van der Waals surface area contributed by atoms with E-state index in [1.807, 2.05) is 35.6 Å². The summed E-state index contributed by atoms with van der Waals surface area (Å²) in [5.41, 5.74) is 2.37. The number of nitrogens with zero attached hydrogens (tertiary/aromatic N) is 1. The van der Waals surface area contributed by atoms with Crippen molar-refractivity contribution in [3.05, 3.63) is 68.5 Å². The third kappa shape index (κ3) is 3.29. The molecular weight excluding hydrogens is 368 g/mol. The summed E-state index contributed by atoms with van der Waals surface area (Å²) in [5.74, 6) is 0.841. The summed E-state index contributed by atoms with van der Waals surface area (Å²) in [4.78, 5) is 5.11. The standard InChI is InChI=1S/C19H18N2OS3/c1-22-14-6-4-13(5-7-14)20-19(23)21-10-8-16-15(9-12-25-16)18(21)17-3-2-11-24-17/h2-7,9,11-12,18H,8,10H2,1H3,(H,20,23)/t18-/m0/s1. The molecule has 0 unspecified atom stereocenters. The van der Waals surface area contributed by atoms with Gasteiger partial charge in [0.15, 0.2) is 5.11 Å². The lowest BCUT2D eigenvalue weighted by molar-refractivity contribution is 0.351. The molecule has 3 heterocycles. The fraction of sp³-hybridized carbons (Fsp3) is 0.211. The van der Waals surface area contributed by atoms with Crippen LogP contribution in [0.15, 0.2) is 53.2 Å². The number of anilines is 1. The van der Waals surface area contributed by atoms with Gasteiger partial charge in [0.25, 0.3) is 0 Å². The third-order valence-electron chi connectivity index (χ3n) is 4.38. The zero-order valence-corrected chi connectivity index (χ0v) is 16.2. The van der Waals surface area contributed by atoms with Gasteiger partial charge in [0, 0.05) is 22.0 Å². The van der Waals surface area contributed by atoms with Crippen LogP contribution < -0.4 is 10.1 Å². The van der Waals surface area contributed by atoms with E-state index < -0.39 is 0 Å². The number of fused-ring (bicyclic) bond motifs is 1. The average molecular weight is 387 g/mol. The van der Waals surface area contributed by atoms with E-state index in [-0.39, 0.29) is 6.04 Å². The highest BCUT2D eigenvalue weighted by molar-refractivity contribution is 7.80. The molecule has 0 spiro atoms. The van der Waals surface area contributed by atoms with Crippen molar-refractivity contribution in [2.75, 3.05) is 19.0 Å². The largest absolute Gasteiger partial charge is 0.497 e. The van der Waals surface area contributed by atoms with Crippen molar-refractivity contribution < 1.29 is 4.74 Å². The van der Waals surface area contributed by atoms with Crippen LogP contribution in [0.2, 0.25) is 0 Å². The minimum absolute atomic E-state index is 0.202. The SMILES string of the molecule is COc1ccc(NC(=S)N2CCc3sccc3[C@H]2c2cccs2)cc1. The van der Waals surface area contributed by atoms with E-state index in [4.69, 9.17) is 17.0 Å². The van der Waals surface area contributed by atoms with Crippen molar-refractivity contribution in [1.29, 1.82) is 0 Å². The monoisotopic (exact) mass is 386 g/mol. The van der Waals surface area contributed by atoms with Crippen molar-refractivity contribution in [3.8, 4) is 5.75 Å². The normalized spacial score (nSPS) is 16.4. The number of ether oxygens (including phenoxy) is 1. The zero-order valence-electron chi connectivity index (χ0n) is 13.8. The Balaban J connectivity index is 1.60. The lowest BCUT2D eigenvalue weighted by Gasteiger charge is -2.37. The second kappa shape index (κ2) is 7.15. The van der Waals surface area contributed by atoms with Gasteiger partial charge in [-0.25, -0.2) is 0 Å². The minimum atomic E-state index is 0.202. The summed E-state index contributed by atoms with van der Waals surface area (Å²) >= 11 is 9.40. The molecule has 25 heavy (non-hydrogen) atoms. The van der Waals surface area contributed by atoms with Crippen LogP contribution >= 0.6 is 34.9 Å². The van der Waals surface area contributed by atoms with Crippen molar-refractivity contribution in [2.24, 2.45) is 0 Å². The van der Waals surface area contributed by atoms with Gasteiger partial charge in [-0.05, 0) is 71.4 Å². The first-order chi connectivity index (χ1) is 12.3. The molecule has 1 atom stereocenters. The average Bonchev–Trinajstić information content (AvgIpc) is 3.33. The summed E-state index contributed by atoms with van der Waals surface area (Å²) in [5, 5.41) is 8.47. The highest BCUT2D eigenvalue weighted by Crippen LogP contribution is 2.39. The number of thiocarbonyl (C=S) groups is 1. The van der Waals surface area contributed by atoms with E-state index in [9.17, 15) is 0 Å². The molecule has 0 bridgehead atoms. The Morgan fingerprint density at radius 2 is 2.00 bits per heavy atom. The molecule has 1 aliphatic heterocycles. The van der Waals surface area contributed by atoms with E-state index >= 15 is 0 Å². The first-order valence-corrected chi connectivity index (χ1v) is 10.2. The van der Waals surface area contributed by atoms with E-state index in [0.29, 0.717) is 0 Å². The lowest BCUT2D eigenvalue weighted by Crippen LogP contribution is -2.42. The van der Waals surface area contributed by atoms with Gasteiger partial charge in [-0.1, -0.05) is 6.07 Å². The fourth-order valence-corrected chi connectivity index (χ4v) is 5.23. The zero-order chi connectivity index (χ0) is 17.2. The molecule has 1 N–H and O–H groups in total. The number of nitrogens with one attached hydrogen (secondary N) is 1. The Morgan fingerprint density at radius 1 is 1.16 bits per heavy atom. The van der Waals surface area contributed by atoms with Crippen molar-refractivity contribution in [3.63, 3.8) is 0 Å². The van der Waals surface area contributed by atoms with Gasteiger partial charge < -0.3 is 15.0 Å². The number of benzene rings is 1. The maximum absolute atomic E-state index is 5.76. The quantitative estimate of drug-likeness (QED) is 0.628. The van der Waals surface area contributed by atoms with Crippen molar-refractivity contribution in [2.45, 2.75) is 12.5 Å². The molecule has 3 aromatic rings. The Bertz CT molecular complexity index is 855. The van der Waals surface area contributed by atoms with Gasteiger partial charge in [-0.3, -0.25) is 0 Å². The predicted octanol–water partition coefficient (Wildman–Crippen LogP) is 5.16. The molecule has 0 radical (unpaired) electrons. The molecule has 0 saturated carbocycles. The van der Waals surface area contributed by atoms with Gasteiger partial charge in [0.05, 0.1) is 13.2 Å². The first kappa shape index (κ1) is 16.6. The van der Waals surface area contributed by atoms with E-state index in [1.54, 1.807) is 18.4 Å². The van der Waals surface area contributed by atoms with Crippen molar-refractivity contribution >= 4 is 45.7 Å². The lowest BCUT2D eigenvalue weighted by atomic mass is 9.99. The maximum Gasteiger partial charge on any atom is 0.174 e. The molecule has 6 heteroatoms. The molecule has 1 aliphatic rings. The molecule has 0 aliphatic carbocycles. The maximum atomic E-state index is 5.76. The molecule has 4 rings (SSSR count). The molecule has 0 amide bonds. The Hall–Kier alpha value is -1.89. The van der Waals surface area contributed by atoms with E-state index in [1.165, 1.54) is 15.3 Å². The predicted molar refractivity (Wildman–Crippen MR) is 110 cm³/mol. The summed E-state index contributed by atoms with van der Waals surface area (Å²) in [6.07, 6.45) is 1.04. The molecule has 1 aromatic carbocycles. The smallest absolute Gasteiger partial charge is 0.174 e. The summed E-state index contributed by atoms with van der Waals surface area (Å²) in [6.45, 7) is 0.929. The summed E-state index contributed by atoms with van der Waals surface area (Å²) < 4.78 is 5.22. The van der Waals surface area contributed by atoms with Gasteiger partial charge in [-0.15, -0.1) is 22.7 Å². The van der Waals surface area contributed by atoms with Crippen LogP contribution in [0.5, 0.6) is 5.75 Å². The molecule has 3 nitrogen and oxygen atoms in total. The Morgan fingerprint density at radius 3 is 2.72 bits per heavy atom. The van der Waals surface area contributed by atoms with Crippen LogP contribution in [0.4, 0.5) is 5.69 Å². The topological polar surface area (TPSA) is 24.5 Å². The molecular formula is C19H18N2OS3. The van der Waals surface area contributed by atoms with E-state index in [2.05, 4.69) is 39.2 Å². The molecule has 0 fully saturated rings. The number of hydrogen-bond donors (Lipinski definition) is 1. The fourth-order valence-electron chi connectivity index (χ4n) is 3.16. The highest BCUT2D eigenvalue weighted by atomic mass is 32.1. The van der Waals surface area contributed by atoms with Gasteiger partial charge >= 0.3 is 0 Å². The highest BCUT2D eigenvalue weighted by Gasteiger charge is 2.31. The van der Waals surface area contributed by atoms with E-state index in [0.717, 1.165) is 29.5 Å². The first-order valence-electron chi connectivity index (χ1n) is 8.07. The number of thiophene rings is 2. The van der Waals surface area contributed by atoms with Crippen LogP contribution in [-0.2, 0) is 6.42 Å². The van der Waals surface area contributed by atoms with Crippen molar-refractivity contribution in [1.82, 2.24) is 4.90 Å². The summed E-state index contributed by atoms with van der Waals surface area (Å²) in [7, 11) is 1.67. The second-order valence-electron chi connectivity index (χ2n) is 5.82. The van der Waals surface area contributed by atoms with Crippen LogP contribution in [0.25, 0.3) is 0 Å². The molecule has 0 saturated heterocycles. The summed E-state index contributed by atoms with van der Waals surface area (Å²) in [6, 6.07) is 14.6. The Kier molecular flexibility index (Phi) is 4.74. The van der Waals surface area contributed by atoms with Gasteiger partial charge in [0.1, 0.15) is 5.75 Å². The minimum Gasteiger partial charge on any atom is -0.497 e. The molecule has 128 valence electrons. The third-order valence-corrected chi connectivity index (χ3v) is 6.64. The number of rotatable bonds is 3.